The second kappa shape index (κ2) is 2.59. The van der Waals surface area contributed by atoms with Gasteiger partial charge in [0.25, 0.3) is 10.1 Å². The monoisotopic (exact) mass is 195 g/mol. The third-order valence-electron chi connectivity index (χ3n) is 1.50. The van der Waals surface area contributed by atoms with E-state index in [0.29, 0.717) is 0 Å². The van der Waals surface area contributed by atoms with Crippen LogP contribution in [-0.4, -0.2) is 30.0 Å². The van der Waals surface area contributed by atoms with Crippen molar-refractivity contribution in [2.24, 2.45) is 0 Å². The van der Waals surface area contributed by atoms with E-state index in [9.17, 15) is 23.2 Å². The first-order valence-corrected chi connectivity index (χ1v) is 4.42. The van der Waals surface area contributed by atoms with Crippen LogP contribution in [0, 0.1) is 5.21 Å². The van der Waals surface area contributed by atoms with Gasteiger partial charge in [-0.25, -0.2) is 14.7 Å². The first kappa shape index (κ1) is 9.26. The van der Waals surface area contributed by atoms with Gasteiger partial charge in [-0.2, -0.15) is 8.42 Å². The van der Waals surface area contributed by atoms with Gasteiger partial charge in [0, 0.05) is 0 Å². The fourth-order valence-electron chi connectivity index (χ4n) is 0.878. The van der Waals surface area contributed by atoms with Crippen molar-refractivity contribution in [3.8, 4) is 0 Å². The first-order chi connectivity index (χ1) is 5.34. The average molecular weight is 195 g/mol. The number of carbonyl (C=O) groups is 2. The lowest BCUT2D eigenvalue weighted by Gasteiger charge is -2.08. The Hall–Kier alpha value is -0.830. The summed E-state index contributed by atoms with van der Waals surface area (Å²) in [4.78, 5) is 21.1. The van der Waals surface area contributed by atoms with Gasteiger partial charge in [-0.05, 0) is 0 Å². The number of rotatable bonds is 1. The van der Waals surface area contributed by atoms with Gasteiger partial charge < -0.3 is 5.21 Å². The van der Waals surface area contributed by atoms with Crippen LogP contribution < -0.4 is 5.06 Å². The molecule has 2 amide bonds. The van der Waals surface area contributed by atoms with E-state index in [4.69, 9.17) is 4.55 Å². The van der Waals surface area contributed by atoms with Crippen molar-refractivity contribution in [2.45, 2.75) is 11.7 Å². The SMILES string of the molecule is O=C1CC(S(=O)(=O)O)C(=O)[NH+]1[O-]. The summed E-state index contributed by atoms with van der Waals surface area (Å²) in [7, 11) is -4.61. The second-order valence-corrected chi connectivity index (χ2v) is 3.92. The molecule has 0 saturated carbocycles. The van der Waals surface area contributed by atoms with Crippen LogP contribution in [-0.2, 0) is 19.7 Å². The highest BCUT2D eigenvalue weighted by atomic mass is 32.2. The zero-order chi connectivity index (χ0) is 9.52. The van der Waals surface area contributed by atoms with Crippen molar-refractivity contribution in [3.63, 3.8) is 0 Å². The van der Waals surface area contributed by atoms with E-state index in [0.717, 1.165) is 0 Å². The molecule has 1 aliphatic rings. The van der Waals surface area contributed by atoms with Crippen LogP contribution in [0.4, 0.5) is 0 Å². The van der Waals surface area contributed by atoms with Crippen molar-refractivity contribution in [1.82, 2.24) is 0 Å². The molecule has 0 aromatic carbocycles. The summed E-state index contributed by atoms with van der Waals surface area (Å²) in [6, 6.07) is 0. The topological polar surface area (TPSA) is 116 Å². The zero-order valence-corrected chi connectivity index (χ0v) is 6.50. The minimum absolute atomic E-state index is 0.740. The normalized spacial score (nSPS) is 31.2. The molecule has 1 fully saturated rings. The molecule has 0 aromatic heterocycles. The van der Waals surface area contributed by atoms with E-state index >= 15 is 0 Å². The molecule has 2 N–H and O–H groups in total. The molecule has 7 nitrogen and oxygen atoms in total. The molecule has 68 valence electrons. The fraction of sp³-hybridized carbons (Fsp3) is 0.500. The lowest BCUT2D eigenvalue weighted by Crippen LogP contribution is -3.10. The Morgan fingerprint density at radius 2 is 2.00 bits per heavy atom. The molecule has 0 aromatic rings. The van der Waals surface area contributed by atoms with Crippen LogP contribution in [0.1, 0.15) is 6.42 Å². The molecule has 0 spiro atoms. The summed E-state index contributed by atoms with van der Waals surface area (Å²) in [6.45, 7) is 0. The second-order valence-electron chi connectivity index (χ2n) is 2.32. The summed E-state index contributed by atoms with van der Waals surface area (Å²) < 4.78 is 29.1. The Labute approximate surface area is 67.3 Å². The molecule has 1 rings (SSSR count). The van der Waals surface area contributed by atoms with E-state index in [1.54, 1.807) is 0 Å². The van der Waals surface area contributed by atoms with Crippen molar-refractivity contribution >= 4 is 21.9 Å². The molecule has 12 heavy (non-hydrogen) atoms. The van der Waals surface area contributed by atoms with Crippen LogP contribution in [0.15, 0.2) is 0 Å². The van der Waals surface area contributed by atoms with Gasteiger partial charge in [-0.15, -0.1) is 0 Å². The Bertz CT molecular complexity index is 331. The summed E-state index contributed by atoms with van der Waals surface area (Å²) in [5, 5.41) is 7.26. The number of quaternary nitrogens is 1. The Balaban J connectivity index is 3.01. The van der Waals surface area contributed by atoms with Gasteiger partial charge >= 0.3 is 11.8 Å². The van der Waals surface area contributed by atoms with E-state index < -0.39 is 38.7 Å². The Morgan fingerprint density at radius 1 is 1.50 bits per heavy atom. The lowest BCUT2D eigenvalue weighted by atomic mass is 10.4. The van der Waals surface area contributed by atoms with E-state index in [2.05, 4.69) is 0 Å². The maximum atomic E-state index is 10.7. The van der Waals surface area contributed by atoms with Crippen molar-refractivity contribution in [1.29, 1.82) is 0 Å². The predicted octanol–water partition coefficient (Wildman–Crippen LogP) is -2.92. The number of hydrogen-bond donors (Lipinski definition) is 2. The number of hydrogen-bond acceptors (Lipinski definition) is 5. The van der Waals surface area contributed by atoms with Crippen LogP contribution in [0.3, 0.4) is 0 Å². The molecule has 8 heteroatoms. The summed E-state index contributed by atoms with van der Waals surface area (Å²) in [5.41, 5.74) is 0. The zero-order valence-electron chi connectivity index (χ0n) is 5.68. The van der Waals surface area contributed by atoms with Gasteiger partial charge in [0.05, 0.1) is 6.42 Å². The minimum Gasteiger partial charge on any atom is -0.619 e. The standard InChI is InChI=1S/C4H5NO6S/c6-3-1-2(12(9,10)11)4(7)5(3)8/h2,5H,1H2,(H,9,10,11). The third-order valence-corrected chi connectivity index (χ3v) is 2.60. The van der Waals surface area contributed by atoms with E-state index in [1.165, 1.54) is 0 Å². The molecular formula is C4H5NO6S. The summed E-state index contributed by atoms with van der Waals surface area (Å²) in [6.07, 6.45) is -0.740. The molecular weight excluding hydrogens is 190 g/mol. The van der Waals surface area contributed by atoms with E-state index in [-0.39, 0.29) is 0 Å². The molecule has 0 radical (unpaired) electrons. The van der Waals surface area contributed by atoms with Gasteiger partial charge in [0.1, 0.15) is 0 Å². The van der Waals surface area contributed by atoms with Gasteiger partial charge in [-0.3, -0.25) is 4.55 Å². The Kier molecular flexibility index (Phi) is 2.00. The number of hydroxylamine groups is 2. The number of carbonyl (C=O) groups excluding carboxylic acids is 2. The molecule has 1 saturated heterocycles. The smallest absolute Gasteiger partial charge is 0.340 e. The van der Waals surface area contributed by atoms with Crippen molar-refractivity contribution in [3.05, 3.63) is 5.21 Å². The molecule has 0 bridgehead atoms. The molecule has 1 aliphatic heterocycles. The van der Waals surface area contributed by atoms with Crippen molar-refractivity contribution < 1.29 is 27.6 Å². The van der Waals surface area contributed by atoms with Gasteiger partial charge in [0.2, 0.25) is 5.25 Å². The number of nitrogens with one attached hydrogen (secondary N) is 1. The fourth-order valence-corrected chi connectivity index (χ4v) is 1.62. The van der Waals surface area contributed by atoms with Crippen LogP contribution in [0.5, 0.6) is 0 Å². The average Bonchev–Trinajstić information content (AvgIpc) is 2.15. The largest absolute Gasteiger partial charge is 0.619 e. The maximum Gasteiger partial charge on any atom is 0.340 e. The summed E-state index contributed by atoms with van der Waals surface area (Å²) in [5.74, 6) is -2.41. The molecule has 2 unspecified atom stereocenters. The quantitative estimate of drug-likeness (QED) is 0.263. The summed E-state index contributed by atoms with van der Waals surface area (Å²) >= 11 is 0. The highest BCUT2D eigenvalue weighted by molar-refractivity contribution is 7.87. The first-order valence-electron chi connectivity index (χ1n) is 2.91. The van der Waals surface area contributed by atoms with Gasteiger partial charge in [0.15, 0.2) is 0 Å². The molecule has 0 aliphatic carbocycles. The highest BCUT2D eigenvalue weighted by Gasteiger charge is 2.47. The molecule has 1 heterocycles. The predicted molar refractivity (Wildman–Crippen MR) is 34.3 cm³/mol. The van der Waals surface area contributed by atoms with Crippen molar-refractivity contribution in [2.75, 3.05) is 0 Å². The number of imide groups is 1. The maximum absolute atomic E-state index is 10.7. The van der Waals surface area contributed by atoms with E-state index in [1.807, 2.05) is 0 Å². The molecule has 2 atom stereocenters. The minimum atomic E-state index is -4.61. The van der Waals surface area contributed by atoms with Crippen LogP contribution in [0.2, 0.25) is 0 Å². The Morgan fingerprint density at radius 3 is 2.17 bits per heavy atom. The van der Waals surface area contributed by atoms with Gasteiger partial charge in [-0.1, -0.05) is 0 Å². The van der Waals surface area contributed by atoms with Crippen LogP contribution >= 0.6 is 0 Å². The van der Waals surface area contributed by atoms with Crippen LogP contribution in [0.25, 0.3) is 0 Å². The highest BCUT2D eigenvalue weighted by Crippen LogP contribution is 2.06. The lowest BCUT2D eigenvalue weighted by molar-refractivity contribution is -0.672. The third kappa shape index (κ3) is 1.37. The number of amides is 2.